The molecule has 0 fully saturated rings. The van der Waals surface area contributed by atoms with Crippen molar-refractivity contribution in [1.82, 2.24) is 0 Å². The number of hydrogen-bond donors (Lipinski definition) is 3. The highest BCUT2D eigenvalue weighted by Gasteiger charge is 2.16. The van der Waals surface area contributed by atoms with Gasteiger partial charge >= 0.3 is 5.97 Å². The fourth-order valence-corrected chi connectivity index (χ4v) is 1.87. The Morgan fingerprint density at radius 2 is 2.18 bits per heavy atom. The van der Waals surface area contributed by atoms with E-state index in [0.29, 0.717) is 0 Å². The number of aromatic hydroxyl groups is 1. The number of ether oxygens (including phenoxy) is 1. The second-order valence-corrected chi connectivity index (χ2v) is 5.53. The maximum Gasteiger partial charge on any atom is 0.339 e. The molecule has 17 heavy (non-hydrogen) atoms. The van der Waals surface area contributed by atoms with Gasteiger partial charge in [0, 0.05) is 6.07 Å². The van der Waals surface area contributed by atoms with Gasteiger partial charge < -0.3 is 9.84 Å². The summed E-state index contributed by atoms with van der Waals surface area (Å²) in [4.78, 5) is 11.4. The van der Waals surface area contributed by atoms with Crippen LogP contribution in [-0.4, -0.2) is 31.7 Å². The summed E-state index contributed by atoms with van der Waals surface area (Å²) in [6.45, 7) is 0. The van der Waals surface area contributed by atoms with Gasteiger partial charge in [-0.1, -0.05) is 0 Å². The molecular formula is C9H11NO5S2. The van der Waals surface area contributed by atoms with Crippen LogP contribution in [0, 0.1) is 0 Å². The summed E-state index contributed by atoms with van der Waals surface area (Å²) >= 11 is 3.64. The van der Waals surface area contributed by atoms with Crippen molar-refractivity contribution >= 4 is 34.3 Å². The molecule has 6 nitrogen and oxygen atoms in total. The first-order chi connectivity index (χ1) is 7.89. The monoisotopic (exact) mass is 277 g/mol. The molecule has 0 saturated carbocycles. The Morgan fingerprint density at radius 3 is 2.71 bits per heavy atom. The van der Waals surface area contributed by atoms with Gasteiger partial charge in [0.05, 0.1) is 18.4 Å². The molecule has 0 bridgehead atoms. The van der Waals surface area contributed by atoms with Crippen LogP contribution in [0.15, 0.2) is 18.2 Å². The smallest absolute Gasteiger partial charge is 0.339 e. The quantitative estimate of drug-likeness (QED) is 0.559. The first kappa shape index (κ1) is 13.7. The lowest BCUT2D eigenvalue weighted by molar-refractivity contribution is 0.0602. The number of hydrogen-bond acceptors (Lipinski definition) is 6. The predicted molar refractivity (Wildman–Crippen MR) is 65.8 cm³/mol. The van der Waals surface area contributed by atoms with E-state index in [1.54, 1.807) is 0 Å². The molecule has 0 heterocycles. The summed E-state index contributed by atoms with van der Waals surface area (Å²) in [5.41, 5.74) is -0.0402. The third-order valence-electron chi connectivity index (χ3n) is 1.84. The summed E-state index contributed by atoms with van der Waals surface area (Å²) < 4.78 is 29.3. The lowest BCUT2D eigenvalue weighted by Gasteiger charge is -2.10. The van der Waals surface area contributed by atoms with Crippen molar-refractivity contribution in [2.24, 2.45) is 0 Å². The number of methoxy groups -OCH3 is 1. The topological polar surface area (TPSA) is 92.7 Å². The number of carbonyl (C=O) groups excluding carboxylic acids is 1. The molecule has 2 N–H and O–H groups in total. The van der Waals surface area contributed by atoms with Gasteiger partial charge in [-0.05, 0) is 12.1 Å². The van der Waals surface area contributed by atoms with E-state index in [4.69, 9.17) is 0 Å². The van der Waals surface area contributed by atoms with Crippen LogP contribution >= 0.6 is 12.6 Å². The second-order valence-electron chi connectivity index (χ2n) is 3.07. The molecule has 94 valence electrons. The zero-order chi connectivity index (χ0) is 13.1. The zero-order valence-electron chi connectivity index (χ0n) is 8.87. The third-order valence-corrected chi connectivity index (χ3v) is 3.73. The number of sulfonamides is 1. The van der Waals surface area contributed by atoms with Crippen LogP contribution in [-0.2, 0) is 14.8 Å². The van der Waals surface area contributed by atoms with Crippen LogP contribution in [0.3, 0.4) is 0 Å². The summed E-state index contributed by atoms with van der Waals surface area (Å²) in [6.07, 6.45) is 0. The molecule has 1 aromatic rings. The van der Waals surface area contributed by atoms with Crippen LogP contribution < -0.4 is 4.72 Å². The number of thiol groups is 1. The normalized spacial score (nSPS) is 10.9. The second kappa shape index (κ2) is 5.28. The zero-order valence-corrected chi connectivity index (χ0v) is 10.6. The molecule has 0 aliphatic carbocycles. The van der Waals surface area contributed by atoms with Crippen molar-refractivity contribution < 1.29 is 23.1 Å². The maximum absolute atomic E-state index is 11.4. The van der Waals surface area contributed by atoms with Crippen LogP contribution in [0.25, 0.3) is 0 Å². The van der Waals surface area contributed by atoms with Gasteiger partial charge in [-0.25, -0.2) is 13.2 Å². The molecule has 0 aliphatic rings. The Bertz CT molecular complexity index is 526. The first-order valence-corrected chi connectivity index (χ1v) is 6.71. The number of rotatable bonds is 4. The minimum atomic E-state index is -3.66. The van der Waals surface area contributed by atoms with Crippen molar-refractivity contribution in [3.05, 3.63) is 23.8 Å². The van der Waals surface area contributed by atoms with Gasteiger partial charge in [-0.3, -0.25) is 4.72 Å². The number of carbonyl (C=O) groups is 1. The highest BCUT2D eigenvalue weighted by molar-refractivity contribution is 8.04. The molecule has 0 saturated heterocycles. The van der Waals surface area contributed by atoms with E-state index in [1.807, 2.05) is 0 Å². The molecular weight excluding hydrogens is 266 g/mol. The van der Waals surface area contributed by atoms with E-state index in [2.05, 4.69) is 22.1 Å². The summed E-state index contributed by atoms with van der Waals surface area (Å²) in [6, 6.07) is 3.63. The lowest BCUT2D eigenvalue weighted by Crippen LogP contribution is -2.16. The van der Waals surface area contributed by atoms with E-state index in [-0.39, 0.29) is 17.0 Å². The van der Waals surface area contributed by atoms with Crippen LogP contribution in [0.2, 0.25) is 0 Å². The number of nitrogens with one attached hydrogen (secondary N) is 1. The molecule has 0 amide bonds. The average molecular weight is 277 g/mol. The maximum atomic E-state index is 11.4. The number of benzene rings is 1. The molecule has 0 unspecified atom stereocenters. The van der Waals surface area contributed by atoms with Crippen molar-refractivity contribution in [1.29, 1.82) is 0 Å². The first-order valence-electron chi connectivity index (χ1n) is 4.42. The highest BCUT2D eigenvalue weighted by Crippen LogP contribution is 2.23. The van der Waals surface area contributed by atoms with Crippen molar-refractivity contribution in [3.63, 3.8) is 0 Å². The number of phenolic OH excluding ortho intramolecular Hbond substituents is 1. The Balaban J connectivity index is 3.21. The third kappa shape index (κ3) is 3.53. The predicted octanol–water partition coefficient (Wildman–Crippen LogP) is 0.808. The van der Waals surface area contributed by atoms with Crippen LogP contribution in [0.5, 0.6) is 5.75 Å². The number of phenols is 1. The lowest BCUT2D eigenvalue weighted by atomic mass is 10.2. The van der Waals surface area contributed by atoms with Crippen LogP contribution in [0.1, 0.15) is 10.4 Å². The fourth-order valence-electron chi connectivity index (χ4n) is 1.10. The molecule has 0 atom stereocenters. The molecule has 0 spiro atoms. The van der Waals surface area contributed by atoms with Crippen molar-refractivity contribution in [2.75, 3.05) is 16.9 Å². The Morgan fingerprint density at radius 1 is 1.53 bits per heavy atom. The number of anilines is 1. The molecule has 0 aromatic heterocycles. The molecule has 1 rings (SSSR count). The van der Waals surface area contributed by atoms with Gasteiger partial charge in [0.2, 0.25) is 10.0 Å². The van der Waals surface area contributed by atoms with E-state index < -0.39 is 21.1 Å². The molecule has 1 aromatic carbocycles. The Kier molecular flexibility index (Phi) is 4.24. The van der Waals surface area contributed by atoms with Gasteiger partial charge in [-0.2, -0.15) is 12.6 Å². The van der Waals surface area contributed by atoms with Crippen molar-refractivity contribution in [3.8, 4) is 5.75 Å². The van der Waals surface area contributed by atoms with Crippen LogP contribution in [0.4, 0.5) is 5.69 Å². The Hall–Kier alpha value is -1.41. The van der Waals surface area contributed by atoms with E-state index in [1.165, 1.54) is 19.2 Å². The van der Waals surface area contributed by atoms with E-state index in [0.717, 1.165) is 6.07 Å². The molecule has 0 aliphatic heterocycles. The molecule has 0 radical (unpaired) electrons. The minimum absolute atomic E-state index is 0.00987. The number of esters is 1. The van der Waals surface area contributed by atoms with Gasteiger partial charge in [0.15, 0.2) is 0 Å². The van der Waals surface area contributed by atoms with Gasteiger partial charge in [-0.15, -0.1) is 0 Å². The van der Waals surface area contributed by atoms with E-state index in [9.17, 15) is 18.3 Å². The summed E-state index contributed by atoms with van der Waals surface area (Å²) in [7, 11) is -2.49. The fraction of sp³-hybridized carbons (Fsp3) is 0.222. The standard InChI is InChI=1S/C9H11NO5S2/c1-15-9(12)7-3-2-6(11)4-8(7)10-17(13,14)5-16/h2-4,10-11,16H,5H2,1H3. The Labute approximate surface area is 104 Å². The molecule has 8 heteroatoms. The van der Waals surface area contributed by atoms with Crippen molar-refractivity contribution in [2.45, 2.75) is 0 Å². The highest BCUT2D eigenvalue weighted by atomic mass is 32.3. The largest absolute Gasteiger partial charge is 0.508 e. The van der Waals surface area contributed by atoms with Gasteiger partial charge in [0.1, 0.15) is 10.8 Å². The summed E-state index contributed by atoms with van der Waals surface area (Å²) in [5, 5.41) is 8.81. The minimum Gasteiger partial charge on any atom is -0.508 e. The van der Waals surface area contributed by atoms with Gasteiger partial charge in [0.25, 0.3) is 0 Å². The SMILES string of the molecule is COC(=O)c1ccc(O)cc1NS(=O)(=O)CS. The van der Waals surface area contributed by atoms with E-state index >= 15 is 0 Å². The average Bonchev–Trinajstić information content (AvgIpc) is 2.28. The summed E-state index contributed by atoms with van der Waals surface area (Å²) in [5.74, 6) is -0.878.